The molecule has 35 heavy (non-hydrogen) atoms. The van der Waals surface area contributed by atoms with E-state index in [4.69, 9.17) is 5.26 Å². The zero-order valence-corrected chi connectivity index (χ0v) is 19.4. The number of likely N-dealkylation sites (N-methyl/N-ethyl adjacent to an activating group) is 1. The average molecular weight is 485 g/mol. The Morgan fingerprint density at radius 3 is 2.43 bits per heavy atom. The Kier molecular flexibility index (Phi) is 6.75. The maximum absolute atomic E-state index is 13.6. The molecule has 2 heterocycles. The number of likely N-dealkylation sites (tertiary alicyclic amines) is 1. The average Bonchev–Trinajstić information content (AvgIpc) is 3.22. The molecule has 1 spiro atoms. The molecule has 0 bridgehead atoms. The summed E-state index contributed by atoms with van der Waals surface area (Å²) in [7, 11) is 1.51. The van der Waals surface area contributed by atoms with Gasteiger partial charge in [-0.2, -0.15) is 18.4 Å². The van der Waals surface area contributed by atoms with Crippen molar-refractivity contribution >= 4 is 17.5 Å². The van der Waals surface area contributed by atoms with E-state index in [1.807, 2.05) is 35.2 Å². The Morgan fingerprint density at radius 2 is 1.83 bits per heavy atom. The van der Waals surface area contributed by atoms with Gasteiger partial charge in [-0.1, -0.05) is 30.3 Å². The number of carbonyl (C=O) groups excluding carboxylic acids is 2. The third kappa shape index (κ3) is 5.11. The standard InChI is InChI=1S/C26H27F3N4O2/c1-31-24(35)22-15-25(9-11-32(12-10-25)23(34)13-18-5-3-2-4-6-18)17-33(22)20-8-7-19(16-30)21(14-20)26(27,28)29/h2-8,14,22H,9-13,15,17H2,1H3,(H,31,35). The van der Waals surface area contributed by atoms with E-state index in [1.54, 1.807) is 11.0 Å². The Bertz CT molecular complexity index is 1140. The number of nitrogens with zero attached hydrogens (tertiary/aromatic N) is 3. The molecule has 4 rings (SSSR count). The van der Waals surface area contributed by atoms with Gasteiger partial charge in [-0.3, -0.25) is 9.59 Å². The predicted molar refractivity (Wildman–Crippen MR) is 124 cm³/mol. The first-order valence-electron chi connectivity index (χ1n) is 11.6. The van der Waals surface area contributed by atoms with Gasteiger partial charge in [-0.05, 0) is 48.4 Å². The molecule has 1 atom stereocenters. The van der Waals surface area contributed by atoms with Gasteiger partial charge in [-0.15, -0.1) is 0 Å². The van der Waals surface area contributed by atoms with E-state index >= 15 is 0 Å². The van der Waals surface area contributed by atoms with Crippen molar-refractivity contribution in [1.29, 1.82) is 5.26 Å². The van der Waals surface area contributed by atoms with Gasteiger partial charge in [0, 0.05) is 32.4 Å². The van der Waals surface area contributed by atoms with Crippen molar-refractivity contribution in [2.24, 2.45) is 5.41 Å². The van der Waals surface area contributed by atoms with Crippen molar-refractivity contribution in [3.63, 3.8) is 0 Å². The molecule has 6 nitrogen and oxygen atoms in total. The normalized spacial score (nSPS) is 19.5. The summed E-state index contributed by atoms with van der Waals surface area (Å²) in [6, 6.07) is 14.1. The lowest BCUT2D eigenvalue weighted by atomic mass is 9.76. The molecule has 1 N–H and O–H groups in total. The lowest BCUT2D eigenvalue weighted by Crippen LogP contribution is -2.44. The highest BCUT2D eigenvalue weighted by Crippen LogP contribution is 2.46. The van der Waals surface area contributed by atoms with Crippen LogP contribution in [0.3, 0.4) is 0 Å². The van der Waals surface area contributed by atoms with Crippen LogP contribution in [0.5, 0.6) is 0 Å². The summed E-state index contributed by atoms with van der Waals surface area (Å²) in [4.78, 5) is 29.1. The van der Waals surface area contributed by atoms with Crippen LogP contribution in [0, 0.1) is 16.7 Å². The number of piperidine rings is 1. The van der Waals surface area contributed by atoms with Crippen LogP contribution in [0.1, 0.15) is 36.0 Å². The SMILES string of the molecule is CNC(=O)C1CC2(CCN(C(=O)Cc3ccccc3)CC2)CN1c1ccc(C#N)c(C(F)(F)F)c1. The minimum absolute atomic E-state index is 0.0469. The monoisotopic (exact) mass is 484 g/mol. The van der Waals surface area contributed by atoms with Crippen LogP contribution in [0.4, 0.5) is 18.9 Å². The topological polar surface area (TPSA) is 76.4 Å². The van der Waals surface area contributed by atoms with Gasteiger partial charge < -0.3 is 15.1 Å². The molecule has 2 aromatic carbocycles. The van der Waals surface area contributed by atoms with Crippen molar-refractivity contribution in [2.45, 2.75) is 37.9 Å². The van der Waals surface area contributed by atoms with Crippen molar-refractivity contribution in [2.75, 3.05) is 31.6 Å². The summed E-state index contributed by atoms with van der Waals surface area (Å²) in [5.41, 5.74) is -0.519. The second-order valence-corrected chi connectivity index (χ2v) is 9.34. The number of halogens is 3. The highest BCUT2D eigenvalue weighted by molar-refractivity contribution is 5.86. The van der Waals surface area contributed by atoms with E-state index in [1.165, 1.54) is 13.1 Å². The molecule has 0 aliphatic carbocycles. The molecule has 0 saturated carbocycles. The number of hydrogen-bond acceptors (Lipinski definition) is 4. The number of carbonyl (C=O) groups is 2. The molecule has 2 saturated heterocycles. The zero-order chi connectivity index (χ0) is 25.2. The smallest absolute Gasteiger partial charge is 0.359 e. The molecule has 9 heteroatoms. The number of alkyl halides is 3. The Morgan fingerprint density at radius 1 is 1.14 bits per heavy atom. The Labute approximate surface area is 202 Å². The number of benzene rings is 2. The Balaban J connectivity index is 1.53. The number of nitrogens with one attached hydrogen (secondary N) is 1. The van der Waals surface area contributed by atoms with Crippen molar-refractivity contribution in [3.8, 4) is 6.07 Å². The molecule has 2 aliphatic heterocycles. The van der Waals surface area contributed by atoms with Crippen molar-refractivity contribution in [3.05, 3.63) is 65.2 Å². The zero-order valence-electron chi connectivity index (χ0n) is 19.4. The fourth-order valence-electron chi connectivity index (χ4n) is 5.25. The molecule has 2 aliphatic rings. The maximum Gasteiger partial charge on any atom is 0.417 e. The minimum atomic E-state index is -4.68. The van der Waals surface area contributed by atoms with Crippen LogP contribution in [-0.2, 0) is 22.2 Å². The second-order valence-electron chi connectivity index (χ2n) is 9.34. The fraction of sp³-hybridized carbons (Fsp3) is 0.423. The highest BCUT2D eigenvalue weighted by Gasteiger charge is 2.48. The summed E-state index contributed by atoms with van der Waals surface area (Å²) >= 11 is 0. The molecule has 2 fully saturated rings. The van der Waals surface area contributed by atoms with Crippen LogP contribution >= 0.6 is 0 Å². The molecule has 0 radical (unpaired) electrons. The quantitative estimate of drug-likeness (QED) is 0.717. The van der Waals surface area contributed by atoms with Crippen LogP contribution in [0.25, 0.3) is 0 Å². The molecule has 2 amide bonds. The highest BCUT2D eigenvalue weighted by atomic mass is 19.4. The minimum Gasteiger partial charge on any atom is -0.359 e. The van der Waals surface area contributed by atoms with Gasteiger partial charge >= 0.3 is 6.18 Å². The first-order chi connectivity index (χ1) is 16.7. The van der Waals surface area contributed by atoms with Gasteiger partial charge in [-0.25, -0.2) is 0 Å². The number of anilines is 1. The first-order valence-corrected chi connectivity index (χ1v) is 11.6. The summed E-state index contributed by atoms with van der Waals surface area (Å²) in [6.07, 6.45) is -2.52. The number of amides is 2. The molecular weight excluding hydrogens is 457 g/mol. The van der Waals surface area contributed by atoms with Gasteiger partial charge in [0.25, 0.3) is 0 Å². The molecule has 1 unspecified atom stereocenters. The summed E-state index contributed by atoms with van der Waals surface area (Å²) in [6.45, 7) is 1.50. The maximum atomic E-state index is 13.6. The van der Waals surface area contributed by atoms with Gasteiger partial charge in [0.2, 0.25) is 11.8 Å². The van der Waals surface area contributed by atoms with E-state index in [0.29, 0.717) is 45.3 Å². The van der Waals surface area contributed by atoms with Crippen molar-refractivity contribution < 1.29 is 22.8 Å². The van der Waals surface area contributed by atoms with Crippen LogP contribution < -0.4 is 10.2 Å². The van der Waals surface area contributed by atoms with E-state index in [-0.39, 0.29) is 22.9 Å². The Hall–Kier alpha value is -3.54. The third-order valence-electron chi connectivity index (χ3n) is 7.19. The van der Waals surface area contributed by atoms with E-state index in [2.05, 4.69) is 5.32 Å². The second kappa shape index (κ2) is 9.61. The van der Waals surface area contributed by atoms with E-state index < -0.39 is 23.3 Å². The number of rotatable bonds is 4. The van der Waals surface area contributed by atoms with Crippen LogP contribution in [-0.4, -0.2) is 49.4 Å². The van der Waals surface area contributed by atoms with E-state index in [9.17, 15) is 22.8 Å². The van der Waals surface area contributed by atoms with Gasteiger partial charge in [0.1, 0.15) is 6.04 Å². The predicted octanol–water partition coefficient (Wildman–Crippen LogP) is 3.75. The largest absolute Gasteiger partial charge is 0.417 e. The van der Waals surface area contributed by atoms with Crippen molar-refractivity contribution in [1.82, 2.24) is 10.2 Å². The molecular formula is C26H27F3N4O2. The first kappa shape index (κ1) is 24.6. The van der Waals surface area contributed by atoms with Crippen LogP contribution in [0.2, 0.25) is 0 Å². The summed E-state index contributed by atoms with van der Waals surface area (Å²) < 4.78 is 40.7. The summed E-state index contributed by atoms with van der Waals surface area (Å²) in [5, 5.41) is 11.7. The van der Waals surface area contributed by atoms with Gasteiger partial charge in [0.05, 0.1) is 23.6 Å². The van der Waals surface area contributed by atoms with Gasteiger partial charge in [0.15, 0.2) is 0 Å². The molecule has 184 valence electrons. The number of nitriles is 1. The molecule has 2 aromatic rings. The fourth-order valence-corrected chi connectivity index (χ4v) is 5.25. The lowest BCUT2D eigenvalue weighted by molar-refractivity contribution is -0.137. The number of hydrogen-bond donors (Lipinski definition) is 1. The molecule has 0 aromatic heterocycles. The van der Waals surface area contributed by atoms with Crippen LogP contribution in [0.15, 0.2) is 48.5 Å². The summed E-state index contributed by atoms with van der Waals surface area (Å²) in [5.74, 6) is -0.215. The lowest BCUT2D eigenvalue weighted by Gasteiger charge is -2.39. The third-order valence-corrected chi connectivity index (χ3v) is 7.19. The van der Waals surface area contributed by atoms with E-state index in [0.717, 1.165) is 17.7 Å².